The second-order valence-electron chi connectivity index (χ2n) is 8.23. The summed E-state index contributed by atoms with van der Waals surface area (Å²) in [5.41, 5.74) is 0.981. The van der Waals surface area contributed by atoms with Crippen LogP contribution in [-0.4, -0.2) is 63.4 Å². The first-order chi connectivity index (χ1) is 14.3. The minimum atomic E-state index is -3.41. The van der Waals surface area contributed by atoms with E-state index in [1.165, 1.54) is 0 Å². The lowest BCUT2D eigenvalue weighted by molar-refractivity contribution is -0.140. The van der Waals surface area contributed by atoms with Gasteiger partial charge in [0.05, 0.1) is 25.0 Å². The van der Waals surface area contributed by atoms with Gasteiger partial charge in [-0.15, -0.1) is 0 Å². The van der Waals surface area contributed by atoms with E-state index in [-0.39, 0.29) is 43.6 Å². The number of ether oxygens (including phenoxy) is 2. The maximum absolute atomic E-state index is 13.0. The van der Waals surface area contributed by atoms with Gasteiger partial charge in [0.25, 0.3) is 5.91 Å². The number of carbonyl (C=O) groups excluding carboxylic acids is 1. The standard InChI is InChI=1S/C21H30N2O5S/c1-29(25,26)22-18-6-4-12-23-19(18)13-27-16-10-8-15(9-11-16)17-5-2-3-7-20(17)28-14-21(23)24/h2-3,5,7,15-16,18-19,22H,4,6,8-14H2,1H3/t15?,16?,18-,19?/m0/s1/i8D/t8?,15?,16?,18-,19?. The number of hydrogen-bond donors (Lipinski definition) is 1. The van der Waals surface area contributed by atoms with Crippen LogP contribution < -0.4 is 9.46 Å². The molecule has 3 heterocycles. The lowest BCUT2D eigenvalue weighted by Crippen LogP contribution is -2.59. The largest absolute Gasteiger partial charge is 0.483 e. The van der Waals surface area contributed by atoms with Crippen molar-refractivity contribution in [1.29, 1.82) is 0 Å². The lowest BCUT2D eigenvalue weighted by atomic mass is 9.82. The van der Waals surface area contributed by atoms with Gasteiger partial charge in [0, 0.05) is 14.0 Å². The maximum atomic E-state index is 13.0. The van der Waals surface area contributed by atoms with E-state index in [0.717, 1.165) is 24.7 Å². The van der Waals surface area contributed by atoms with E-state index in [4.69, 9.17) is 10.8 Å². The molecule has 1 N–H and O–H groups in total. The van der Waals surface area contributed by atoms with Gasteiger partial charge in [0.2, 0.25) is 10.0 Å². The van der Waals surface area contributed by atoms with Crippen LogP contribution >= 0.6 is 0 Å². The molecule has 3 aliphatic heterocycles. The second kappa shape index (κ2) is 8.62. The zero-order valence-corrected chi connectivity index (χ0v) is 17.6. The van der Waals surface area contributed by atoms with Crippen LogP contribution in [0.4, 0.5) is 0 Å². The fraction of sp³-hybridized carbons (Fsp3) is 0.667. The number of rotatable bonds is 2. The van der Waals surface area contributed by atoms with Gasteiger partial charge in [-0.2, -0.15) is 0 Å². The normalized spacial score (nSPS) is 34.0. The summed E-state index contributed by atoms with van der Waals surface area (Å²) < 4.78 is 47.2. The highest BCUT2D eigenvalue weighted by molar-refractivity contribution is 7.88. The molecule has 29 heavy (non-hydrogen) atoms. The molecule has 0 spiro atoms. The number of carbonyl (C=O) groups is 1. The maximum Gasteiger partial charge on any atom is 0.260 e. The Kier molecular flexibility index (Phi) is 5.74. The van der Waals surface area contributed by atoms with Crippen LogP contribution in [0.5, 0.6) is 5.75 Å². The van der Waals surface area contributed by atoms with Crippen LogP contribution in [0, 0.1) is 0 Å². The van der Waals surface area contributed by atoms with E-state index in [9.17, 15) is 13.2 Å². The second-order valence-corrected chi connectivity index (χ2v) is 10.0. The summed E-state index contributed by atoms with van der Waals surface area (Å²) in [7, 11) is -3.41. The predicted molar refractivity (Wildman–Crippen MR) is 109 cm³/mol. The Balaban J connectivity index is 1.64. The molecule has 1 aliphatic carbocycles. The summed E-state index contributed by atoms with van der Waals surface area (Å²) in [4.78, 5) is 14.8. The van der Waals surface area contributed by atoms with Gasteiger partial charge in [-0.1, -0.05) is 18.2 Å². The van der Waals surface area contributed by atoms with Crippen molar-refractivity contribution in [1.82, 2.24) is 9.62 Å². The van der Waals surface area contributed by atoms with Crippen LogP contribution in [0.3, 0.4) is 0 Å². The molecule has 5 rings (SSSR count). The summed E-state index contributed by atoms with van der Waals surface area (Å²) in [6, 6.07) is 6.90. The monoisotopic (exact) mass is 423 g/mol. The molecule has 1 saturated carbocycles. The van der Waals surface area contributed by atoms with Crippen molar-refractivity contribution >= 4 is 15.9 Å². The molecule has 4 unspecified atom stereocenters. The zero-order valence-electron chi connectivity index (χ0n) is 17.7. The first-order valence-electron chi connectivity index (χ1n) is 10.9. The number of hydrogen-bond acceptors (Lipinski definition) is 5. The summed E-state index contributed by atoms with van der Waals surface area (Å²) in [5, 5.41) is 0. The first-order valence-corrected chi connectivity index (χ1v) is 12.2. The molecule has 7 nitrogen and oxygen atoms in total. The van der Waals surface area contributed by atoms with Gasteiger partial charge in [-0.25, -0.2) is 13.1 Å². The number of benzene rings is 1. The quantitative estimate of drug-likeness (QED) is 0.787. The third kappa shape index (κ3) is 4.92. The van der Waals surface area contributed by atoms with E-state index >= 15 is 0 Å². The third-order valence-corrected chi connectivity index (χ3v) is 6.85. The SMILES string of the molecule is [2H]C1CC2CCC1c1ccccc1OCC(=O)N1CCC[C@H](NS(C)(=O)=O)C1CO2. The smallest absolute Gasteiger partial charge is 0.260 e. The molecule has 1 aromatic rings. The van der Waals surface area contributed by atoms with Crippen LogP contribution in [-0.2, 0) is 19.6 Å². The van der Waals surface area contributed by atoms with Gasteiger partial charge < -0.3 is 14.4 Å². The van der Waals surface area contributed by atoms with Crippen molar-refractivity contribution in [3.8, 4) is 5.75 Å². The molecule has 5 atom stereocenters. The molecule has 2 bridgehead atoms. The molecule has 8 heteroatoms. The summed E-state index contributed by atoms with van der Waals surface area (Å²) in [6.45, 7) is 0.694. The number of amides is 1. The van der Waals surface area contributed by atoms with Crippen LogP contribution in [0.15, 0.2) is 24.3 Å². The average Bonchev–Trinajstić information content (AvgIpc) is 2.71. The summed E-state index contributed by atoms with van der Waals surface area (Å²) in [5.74, 6) is 0.539. The van der Waals surface area contributed by atoms with E-state index in [1.54, 1.807) is 4.90 Å². The van der Waals surface area contributed by atoms with Crippen molar-refractivity contribution in [3.63, 3.8) is 0 Å². The molecule has 4 aliphatic rings. The Morgan fingerprint density at radius 3 is 2.83 bits per heavy atom. The molecule has 1 saturated heterocycles. The Hall–Kier alpha value is -1.64. The van der Waals surface area contributed by atoms with Crippen LogP contribution in [0.2, 0.25) is 0 Å². The van der Waals surface area contributed by atoms with Crippen molar-refractivity contribution < 1.29 is 24.1 Å². The highest BCUT2D eigenvalue weighted by Crippen LogP contribution is 2.38. The van der Waals surface area contributed by atoms with Gasteiger partial charge in [0.15, 0.2) is 6.61 Å². The van der Waals surface area contributed by atoms with Crippen molar-refractivity contribution in [2.24, 2.45) is 0 Å². The van der Waals surface area contributed by atoms with Crippen LogP contribution in [0.1, 0.15) is 51.4 Å². The molecule has 0 aromatic heterocycles. The first kappa shape index (κ1) is 19.3. The molecule has 0 radical (unpaired) electrons. The lowest BCUT2D eigenvalue weighted by Gasteiger charge is -2.41. The van der Waals surface area contributed by atoms with Crippen molar-refractivity contribution in [2.75, 3.05) is 26.0 Å². The average molecular weight is 424 g/mol. The highest BCUT2D eigenvalue weighted by Gasteiger charge is 2.37. The Morgan fingerprint density at radius 2 is 2.03 bits per heavy atom. The minimum Gasteiger partial charge on any atom is -0.483 e. The number of para-hydroxylation sites is 1. The number of nitrogens with zero attached hydrogens (tertiary/aromatic N) is 1. The minimum absolute atomic E-state index is 0.0548. The summed E-state index contributed by atoms with van der Waals surface area (Å²) in [6.07, 6.45) is 4.41. The fourth-order valence-corrected chi connectivity index (χ4v) is 5.54. The number of nitrogens with one attached hydrogen (secondary N) is 1. The number of piperidine rings is 1. The Morgan fingerprint density at radius 1 is 1.21 bits per heavy atom. The third-order valence-electron chi connectivity index (χ3n) is 6.12. The highest BCUT2D eigenvalue weighted by atomic mass is 32.2. The molecule has 2 fully saturated rings. The number of fused-ring (bicyclic) bond motifs is 5. The van der Waals surface area contributed by atoms with Gasteiger partial charge in [-0.3, -0.25) is 4.79 Å². The van der Waals surface area contributed by atoms with Gasteiger partial charge >= 0.3 is 0 Å². The zero-order chi connectivity index (χ0) is 21.3. The van der Waals surface area contributed by atoms with Crippen LogP contribution in [0.25, 0.3) is 0 Å². The molecule has 160 valence electrons. The topological polar surface area (TPSA) is 84.9 Å². The predicted octanol–water partition coefficient (Wildman–Crippen LogP) is 2.03. The van der Waals surface area contributed by atoms with E-state index in [1.807, 2.05) is 24.3 Å². The van der Waals surface area contributed by atoms with Crippen molar-refractivity contribution in [2.45, 2.75) is 62.6 Å². The van der Waals surface area contributed by atoms with Crippen molar-refractivity contribution in [3.05, 3.63) is 29.8 Å². The van der Waals surface area contributed by atoms with E-state index < -0.39 is 16.1 Å². The molecular weight excluding hydrogens is 392 g/mol. The van der Waals surface area contributed by atoms with Gasteiger partial charge in [-0.05, 0) is 56.0 Å². The number of sulfonamides is 1. The molecule has 1 amide bonds. The fourth-order valence-electron chi connectivity index (χ4n) is 4.71. The molecule has 1 aromatic carbocycles. The Labute approximate surface area is 174 Å². The Bertz CT molecular complexity index is 880. The molecular formula is C21H30N2O5S. The van der Waals surface area contributed by atoms with Gasteiger partial charge in [0.1, 0.15) is 5.75 Å². The van der Waals surface area contributed by atoms with E-state index in [2.05, 4.69) is 4.72 Å². The summed E-state index contributed by atoms with van der Waals surface area (Å²) >= 11 is 0. The van der Waals surface area contributed by atoms with E-state index in [0.29, 0.717) is 31.6 Å².